The molecule has 10 heteroatoms. The zero-order chi connectivity index (χ0) is 21.1. The van der Waals surface area contributed by atoms with Crippen LogP contribution in [-0.4, -0.2) is 96.5 Å². The average Bonchev–Trinajstić information content (AvgIpc) is 3.07. The van der Waals surface area contributed by atoms with Gasteiger partial charge in [0.25, 0.3) is 0 Å². The van der Waals surface area contributed by atoms with Crippen molar-refractivity contribution >= 4 is 23.4 Å². The van der Waals surface area contributed by atoms with Gasteiger partial charge in [0.2, 0.25) is 5.78 Å². The van der Waals surface area contributed by atoms with Gasteiger partial charge in [-0.1, -0.05) is 0 Å². The van der Waals surface area contributed by atoms with Gasteiger partial charge in [0.1, 0.15) is 0 Å². The van der Waals surface area contributed by atoms with E-state index < -0.39 is 23.7 Å². The van der Waals surface area contributed by atoms with Crippen LogP contribution in [-0.2, 0) is 19.1 Å². The summed E-state index contributed by atoms with van der Waals surface area (Å²) < 4.78 is 10.6. The first-order valence-electron chi connectivity index (χ1n) is 9.76. The number of methoxy groups -OCH3 is 1. The molecule has 3 aliphatic heterocycles. The van der Waals surface area contributed by atoms with E-state index in [4.69, 9.17) is 10.5 Å². The first-order valence-corrected chi connectivity index (χ1v) is 9.76. The number of ether oxygens (including phenoxy) is 2. The molecule has 1 amide bonds. The molecule has 158 valence electrons. The number of hydrogen-bond donors (Lipinski definition) is 2. The predicted molar refractivity (Wildman–Crippen MR) is 101 cm³/mol. The van der Waals surface area contributed by atoms with Crippen molar-refractivity contribution in [3.63, 3.8) is 0 Å². The number of piperazine rings is 1. The fourth-order valence-electron chi connectivity index (χ4n) is 5.30. The second-order valence-corrected chi connectivity index (χ2v) is 7.94. The molecule has 0 saturated carbocycles. The van der Waals surface area contributed by atoms with Crippen LogP contribution >= 0.6 is 0 Å². The molecule has 2 fully saturated rings. The van der Waals surface area contributed by atoms with Crippen LogP contribution in [0.5, 0.6) is 0 Å². The summed E-state index contributed by atoms with van der Waals surface area (Å²) in [5.74, 6) is -1.78. The number of nitrogens with zero attached hydrogens (tertiary/aromatic N) is 3. The van der Waals surface area contributed by atoms with E-state index in [1.54, 1.807) is 14.0 Å². The quantitative estimate of drug-likeness (QED) is 0.420. The maximum atomic E-state index is 13.3. The topological polar surface area (TPSA) is 135 Å². The van der Waals surface area contributed by atoms with Crippen LogP contribution in [0.15, 0.2) is 16.3 Å². The molecule has 0 radical (unpaired) electrons. The summed E-state index contributed by atoms with van der Waals surface area (Å²) in [6.07, 6.45) is -0.478. The number of likely N-dealkylation sites (N-methyl/N-ethyl adjacent to an activating group) is 1. The highest BCUT2D eigenvalue weighted by molar-refractivity contribution is 6.53. The molecule has 0 aromatic rings. The van der Waals surface area contributed by atoms with Gasteiger partial charge in [-0.05, 0) is 14.0 Å². The number of amides is 1. The van der Waals surface area contributed by atoms with Crippen LogP contribution in [0.4, 0.5) is 4.79 Å². The molecule has 6 unspecified atom stereocenters. The lowest BCUT2D eigenvalue weighted by atomic mass is 9.78. The van der Waals surface area contributed by atoms with Crippen molar-refractivity contribution in [1.82, 2.24) is 9.80 Å². The summed E-state index contributed by atoms with van der Waals surface area (Å²) in [5, 5.41) is 10.2. The molecule has 4 rings (SSSR count). The maximum absolute atomic E-state index is 13.3. The van der Waals surface area contributed by atoms with Crippen LogP contribution in [0.25, 0.3) is 0 Å². The van der Waals surface area contributed by atoms with E-state index in [1.807, 2.05) is 11.9 Å². The van der Waals surface area contributed by atoms with E-state index in [0.29, 0.717) is 24.2 Å². The molecule has 29 heavy (non-hydrogen) atoms. The van der Waals surface area contributed by atoms with Crippen molar-refractivity contribution in [2.45, 2.75) is 31.2 Å². The summed E-state index contributed by atoms with van der Waals surface area (Å²) in [7, 11) is 3.54. The lowest BCUT2D eigenvalue weighted by Crippen LogP contribution is -2.55. The van der Waals surface area contributed by atoms with Crippen molar-refractivity contribution < 1.29 is 29.0 Å². The first-order chi connectivity index (χ1) is 13.8. The smallest absolute Gasteiger partial charge is 0.404 e. The molecular weight excluding hydrogens is 380 g/mol. The van der Waals surface area contributed by atoms with Gasteiger partial charge in [-0.15, -0.1) is 0 Å². The van der Waals surface area contributed by atoms with Crippen molar-refractivity contribution in [1.29, 1.82) is 0 Å². The second-order valence-electron chi connectivity index (χ2n) is 7.94. The van der Waals surface area contributed by atoms with E-state index >= 15 is 0 Å². The average molecular weight is 406 g/mol. The minimum absolute atomic E-state index is 0.0255. The highest BCUT2D eigenvalue weighted by Crippen LogP contribution is 2.58. The number of aliphatic hydroxyl groups excluding tert-OH is 1. The predicted octanol–water partition coefficient (Wildman–Crippen LogP) is -1.08. The lowest BCUT2D eigenvalue weighted by molar-refractivity contribution is -0.145. The van der Waals surface area contributed by atoms with Gasteiger partial charge in [-0.25, -0.2) is 4.79 Å². The number of fused-ring (bicyclic) bond motifs is 4. The zero-order valence-corrected chi connectivity index (χ0v) is 16.8. The number of rotatable bonds is 6. The summed E-state index contributed by atoms with van der Waals surface area (Å²) in [6.45, 7) is 2.28. The zero-order valence-electron chi connectivity index (χ0n) is 16.8. The Balaban J connectivity index is 1.64. The standard InChI is InChI=1S/C19H26N4O6/c1-9-13(21-5-4-6-29-18(20)27)16(26)12-10(8-24)19(28-3)17-11(22(17)2)7-23(19)14(12)15(9)25/h9-11,17,24H,4-8H2,1-3H3,(H2,20,27). The number of carbonyl (C=O) groups excluding carboxylic acids is 3. The molecule has 6 atom stereocenters. The van der Waals surface area contributed by atoms with E-state index in [0.717, 1.165) is 0 Å². The Kier molecular flexibility index (Phi) is 4.75. The number of aliphatic imine (C=N–C) groups is 1. The van der Waals surface area contributed by atoms with Crippen molar-refractivity contribution in [3.05, 3.63) is 11.3 Å². The van der Waals surface area contributed by atoms with Gasteiger partial charge in [-0.2, -0.15) is 0 Å². The van der Waals surface area contributed by atoms with E-state index in [2.05, 4.69) is 14.6 Å². The third-order valence-corrected chi connectivity index (χ3v) is 6.68. The number of primary amides is 1. The van der Waals surface area contributed by atoms with E-state index in [-0.39, 0.29) is 49.1 Å². The minimum Gasteiger partial charge on any atom is -0.450 e. The number of aliphatic hydroxyl groups is 1. The normalized spacial score (nSPS) is 39.0. The van der Waals surface area contributed by atoms with E-state index in [1.165, 1.54) is 0 Å². The Bertz CT molecular complexity index is 839. The minimum atomic E-state index is -0.908. The molecule has 3 N–H and O–H groups in total. The Morgan fingerprint density at radius 2 is 2.14 bits per heavy atom. The van der Waals surface area contributed by atoms with Crippen LogP contribution in [0, 0.1) is 11.8 Å². The number of nitrogens with two attached hydrogens (primary N) is 1. The Hall–Kier alpha value is -2.30. The molecule has 0 aromatic carbocycles. The van der Waals surface area contributed by atoms with Gasteiger partial charge in [-0.3, -0.25) is 19.5 Å². The van der Waals surface area contributed by atoms with Crippen LogP contribution in [0.3, 0.4) is 0 Å². The molecule has 1 aliphatic carbocycles. The van der Waals surface area contributed by atoms with Crippen molar-refractivity contribution in [2.24, 2.45) is 22.6 Å². The SMILES string of the molecule is COC12C(CO)C3=C(C(=O)C(C)C(=NCCCOC(N)=O)C3=O)N1CC1C2N1C. The fourth-order valence-corrected chi connectivity index (χ4v) is 5.30. The summed E-state index contributed by atoms with van der Waals surface area (Å²) in [4.78, 5) is 45.6. The number of carbonyl (C=O) groups is 3. The molecule has 2 saturated heterocycles. The highest BCUT2D eigenvalue weighted by Gasteiger charge is 2.75. The van der Waals surface area contributed by atoms with E-state index in [9.17, 15) is 19.5 Å². The van der Waals surface area contributed by atoms with Gasteiger partial charge < -0.3 is 25.2 Å². The number of allylic oxidation sites excluding steroid dienone is 1. The lowest BCUT2D eigenvalue weighted by Gasteiger charge is -2.40. The Labute approximate surface area is 168 Å². The molecule has 4 aliphatic rings. The van der Waals surface area contributed by atoms with Crippen LogP contribution in [0.1, 0.15) is 13.3 Å². The van der Waals surface area contributed by atoms with Gasteiger partial charge in [0.05, 0.1) is 42.5 Å². The van der Waals surface area contributed by atoms with Crippen LogP contribution in [0.2, 0.25) is 0 Å². The Morgan fingerprint density at radius 1 is 1.41 bits per heavy atom. The molecule has 0 aromatic heterocycles. The Morgan fingerprint density at radius 3 is 2.76 bits per heavy atom. The van der Waals surface area contributed by atoms with Crippen molar-refractivity contribution in [2.75, 3.05) is 40.5 Å². The fraction of sp³-hybridized carbons (Fsp3) is 0.684. The molecule has 0 bridgehead atoms. The molecular formula is C19H26N4O6. The van der Waals surface area contributed by atoms with Gasteiger partial charge in [0, 0.05) is 38.2 Å². The highest BCUT2D eigenvalue weighted by atomic mass is 16.5. The largest absolute Gasteiger partial charge is 0.450 e. The number of ketones is 2. The van der Waals surface area contributed by atoms with Gasteiger partial charge >= 0.3 is 6.09 Å². The molecule has 0 spiro atoms. The third kappa shape index (κ3) is 2.59. The van der Waals surface area contributed by atoms with Crippen molar-refractivity contribution in [3.8, 4) is 0 Å². The number of hydrogen-bond acceptors (Lipinski definition) is 9. The first kappa shape index (κ1) is 20.0. The maximum Gasteiger partial charge on any atom is 0.404 e. The van der Waals surface area contributed by atoms with Crippen LogP contribution < -0.4 is 5.73 Å². The summed E-state index contributed by atoms with van der Waals surface area (Å²) >= 11 is 0. The third-order valence-electron chi connectivity index (χ3n) is 6.68. The van der Waals surface area contributed by atoms with Gasteiger partial charge in [0.15, 0.2) is 11.5 Å². The summed E-state index contributed by atoms with van der Waals surface area (Å²) in [5.41, 5.74) is 4.87. The molecule has 3 heterocycles. The number of Topliss-reactive ketones (excluding diaryl/α,β-unsaturated/α-hetero) is 2. The summed E-state index contributed by atoms with van der Waals surface area (Å²) in [6, 6.07) is 0.272. The second kappa shape index (κ2) is 6.89. The monoisotopic (exact) mass is 406 g/mol. The molecule has 10 nitrogen and oxygen atoms in total.